The van der Waals surface area contributed by atoms with Gasteiger partial charge in [0, 0.05) is 43.1 Å². The Labute approximate surface area is 200 Å². The Morgan fingerprint density at radius 2 is 1.91 bits per heavy atom. The number of sulfonamides is 1. The summed E-state index contributed by atoms with van der Waals surface area (Å²) >= 11 is 0. The first-order valence-electron chi connectivity index (χ1n) is 12.2. The molecule has 1 saturated carbocycles. The molecule has 1 aromatic rings. The van der Waals surface area contributed by atoms with Crippen LogP contribution < -0.4 is 4.74 Å². The predicted octanol–water partition coefficient (Wildman–Crippen LogP) is 3.58. The molecule has 1 fully saturated rings. The molecule has 7 heteroatoms. The lowest BCUT2D eigenvalue weighted by Gasteiger charge is -2.38. The summed E-state index contributed by atoms with van der Waals surface area (Å²) < 4.78 is 35.0. The van der Waals surface area contributed by atoms with Gasteiger partial charge < -0.3 is 14.7 Å². The Hall–Kier alpha value is -1.59. The molecule has 1 aromatic carbocycles. The van der Waals surface area contributed by atoms with E-state index in [1.165, 1.54) is 30.0 Å². The number of rotatable bonds is 6. The molecule has 0 saturated heterocycles. The van der Waals surface area contributed by atoms with E-state index in [1.54, 1.807) is 25.1 Å². The summed E-state index contributed by atoms with van der Waals surface area (Å²) in [5, 5.41) is 9.79. The third-order valence-corrected chi connectivity index (χ3v) is 8.73. The summed E-state index contributed by atoms with van der Waals surface area (Å²) in [6.07, 6.45) is 5.02. The van der Waals surface area contributed by atoms with Gasteiger partial charge in [0.05, 0.1) is 6.61 Å². The second kappa shape index (κ2) is 11.2. The maximum absolute atomic E-state index is 13.5. The largest absolute Gasteiger partial charge is 0.487 e. The number of fused-ring (bicyclic) bond motifs is 1. The molecule has 2 aliphatic rings. The molecule has 0 bridgehead atoms. The number of benzene rings is 1. The molecule has 3 rings (SSSR count). The summed E-state index contributed by atoms with van der Waals surface area (Å²) in [6.45, 7) is 9.66. The van der Waals surface area contributed by atoms with Crippen molar-refractivity contribution in [3.8, 4) is 17.6 Å². The Bertz CT molecular complexity index is 960. The fraction of sp³-hybridized carbons (Fsp3) is 0.692. The number of ether oxygens (including phenoxy) is 1. The van der Waals surface area contributed by atoms with E-state index in [2.05, 4.69) is 23.8 Å². The Kier molecular flexibility index (Phi) is 8.85. The van der Waals surface area contributed by atoms with Gasteiger partial charge in [0.15, 0.2) is 0 Å². The maximum Gasteiger partial charge on any atom is 0.247 e. The van der Waals surface area contributed by atoms with Crippen molar-refractivity contribution in [2.24, 2.45) is 17.8 Å². The quantitative estimate of drug-likeness (QED) is 0.636. The van der Waals surface area contributed by atoms with E-state index in [0.29, 0.717) is 12.3 Å². The highest BCUT2D eigenvalue weighted by molar-refractivity contribution is 7.89. The lowest BCUT2D eigenvalue weighted by molar-refractivity contribution is 0.0712. The van der Waals surface area contributed by atoms with Crippen molar-refractivity contribution in [3.63, 3.8) is 0 Å². The van der Waals surface area contributed by atoms with Crippen LogP contribution in [0.25, 0.3) is 0 Å². The van der Waals surface area contributed by atoms with Crippen LogP contribution >= 0.6 is 0 Å². The van der Waals surface area contributed by atoms with Crippen LogP contribution in [0.15, 0.2) is 23.1 Å². The van der Waals surface area contributed by atoms with Crippen LogP contribution in [-0.2, 0) is 10.0 Å². The first-order chi connectivity index (χ1) is 15.6. The molecular formula is C26H40N2O4S. The minimum absolute atomic E-state index is 0.0432. The first kappa shape index (κ1) is 26.0. The average molecular weight is 477 g/mol. The Morgan fingerprint density at radius 1 is 1.21 bits per heavy atom. The van der Waals surface area contributed by atoms with Crippen molar-refractivity contribution < 1.29 is 18.3 Å². The van der Waals surface area contributed by atoms with Crippen LogP contribution in [0.2, 0.25) is 0 Å². The molecule has 33 heavy (non-hydrogen) atoms. The fourth-order valence-corrected chi connectivity index (χ4v) is 6.59. The second-order valence-electron chi connectivity index (χ2n) is 10.2. The van der Waals surface area contributed by atoms with Crippen molar-refractivity contribution in [2.75, 3.05) is 33.3 Å². The molecule has 1 aliphatic heterocycles. The standard InChI is InChI=1S/C26H40N2O4S/c1-19(2)10-11-22-12-13-26-24(14-22)32-25(17-27(5)16-23-8-6-7-9-23)20(3)15-28(21(4)18-29)33(26,30)31/h12-14,19-21,23,25,29H,6-9,15-18H2,1-5H3/t20-,21-,25+/m1/s1. The van der Waals surface area contributed by atoms with Crippen LogP contribution in [0.3, 0.4) is 0 Å². The number of hydrogen-bond acceptors (Lipinski definition) is 5. The van der Waals surface area contributed by atoms with E-state index < -0.39 is 16.1 Å². The molecule has 0 aromatic heterocycles. The van der Waals surface area contributed by atoms with E-state index in [1.807, 2.05) is 20.8 Å². The summed E-state index contributed by atoms with van der Waals surface area (Å²) in [5.41, 5.74) is 0.741. The van der Waals surface area contributed by atoms with Crippen LogP contribution in [-0.4, -0.2) is 68.2 Å². The average Bonchev–Trinajstić information content (AvgIpc) is 3.27. The van der Waals surface area contributed by atoms with Crippen LogP contribution in [0.4, 0.5) is 0 Å². The highest BCUT2D eigenvalue weighted by Crippen LogP contribution is 2.34. The normalized spacial score (nSPS) is 24.5. The summed E-state index contributed by atoms with van der Waals surface area (Å²) in [6, 6.07) is 4.58. The SMILES string of the molecule is CC(C)C#Cc1ccc2c(c1)O[C@@H](CN(C)CC1CCCC1)[C@H](C)CN([C@H](C)CO)S2(=O)=O. The van der Waals surface area contributed by atoms with Crippen molar-refractivity contribution >= 4 is 10.0 Å². The van der Waals surface area contributed by atoms with E-state index in [-0.39, 0.29) is 29.4 Å². The molecule has 1 N–H and O–H groups in total. The fourth-order valence-electron chi connectivity index (χ4n) is 4.76. The minimum atomic E-state index is -3.82. The van der Waals surface area contributed by atoms with Gasteiger partial charge in [-0.1, -0.05) is 45.5 Å². The predicted molar refractivity (Wildman–Crippen MR) is 132 cm³/mol. The van der Waals surface area contributed by atoms with Crippen molar-refractivity contribution in [1.82, 2.24) is 9.21 Å². The third kappa shape index (κ3) is 6.51. The third-order valence-electron chi connectivity index (χ3n) is 6.71. The van der Waals surface area contributed by atoms with Gasteiger partial charge in [-0.25, -0.2) is 8.42 Å². The summed E-state index contributed by atoms with van der Waals surface area (Å²) in [5.74, 6) is 7.53. The van der Waals surface area contributed by atoms with Crippen LogP contribution in [0.5, 0.6) is 5.75 Å². The monoisotopic (exact) mass is 476 g/mol. The molecule has 3 atom stereocenters. The maximum atomic E-state index is 13.5. The Morgan fingerprint density at radius 3 is 2.55 bits per heavy atom. The number of aliphatic hydroxyl groups is 1. The van der Waals surface area contributed by atoms with E-state index >= 15 is 0 Å². The zero-order valence-electron chi connectivity index (χ0n) is 20.8. The molecule has 0 spiro atoms. The number of hydrogen-bond donors (Lipinski definition) is 1. The molecule has 0 unspecified atom stereocenters. The van der Waals surface area contributed by atoms with Crippen molar-refractivity contribution in [2.45, 2.75) is 70.4 Å². The number of aliphatic hydroxyl groups excluding tert-OH is 1. The van der Waals surface area contributed by atoms with E-state index in [0.717, 1.165) is 24.6 Å². The lowest BCUT2D eigenvalue weighted by Crippen LogP contribution is -2.49. The zero-order valence-corrected chi connectivity index (χ0v) is 21.6. The van der Waals surface area contributed by atoms with E-state index in [4.69, 9.17) is 4.74 Å². The van der Waals surface area contributed by atoms with Gasteiger partial charge >= 0.3 is 0 Å². The van der Waals surface area contributed by atoms with Gasteiger partial charge in [0.2, 0.25) is 10.0 Å². The molecule has 1 aliphatic carbocycles. The molecule has 0 radical (unpaired) electrons. The molecule has 184 valence electrons. The topological polar surface area (TPSA) is 70.1 Å². The Balaban J connectivity index is 1.96. The molecule has 6 nitrogen and oxygen atoms in total. The zero-order chi connectivity index (χ0) is 24.2. The second-order valence-corrected chi connectivity index (χ2v) is 12.1. The lowest BCUT2D eigenvalue weighted by atomic mass is 10.0. The number of likely N-dealkylation sites (N-methyl/N-ethyl adjacent to an activating group) is 1. The molecule has 1 heterocycles. The van der Waals surface area contributed by atoms with Gasteiger partial charge in [-0.3, -0.25) is 0 Å². The van der Waals surface area contributed by atoms with Gasteiger partial charge in [0.25, 0.3) is 0 Å². The van der Waals surface area contributed by atoms with Gasteiger partial charge in [-0.15, -0.1) is 0 Å². The minimum Gasteiger partial charge on any atom is -0.487 e. The van der Waals surface area contributed by atoms with Crippen LogP contribution in [0, 0.1) is 29.6 Å². The smallest absolute Gasteiger partial charge is 0.247 e. The number of nitrogens with zero attached hydrogens (tertiary/aromatic N) is 2. The summed E-state index contributed by atoms with van der Waals surface area (Å²) in [7, 11) is -1.69. The molecule has 0 amide bonds. The van der Waals surface area contributed by atoms with E-state index in [9.17, 15) is 13.5 Å². The van der Waals surface area contributed by atoms with Gasteiger partial charge in [-0.2, -0.15) is 4.31 Å². The first-order valence-corrected chi connectivity index (χ1v) is 13.7. The van der Waals surface area contributed by atoms with Crippen molar-refractivity contribution in [1.29, 1.82) is 0 Å². The van der Waals surface area contributed by atoms with Gasteiger partial charge in [0.1, 0.15) is 16.7 Å². The van der Waals surface area contributed by atoms with Gasteiger partial charge in [-0.05, 0) is 50.9 Å². The highest BCUT2D eigenvalue weighted by Gasteiger charge is 2.38. The molecular weight excluding hydrogens is 436 g/mol. The van der Waals surface area contributed by atoms with Crippen molar-refractivity contribution in [3.05, 3.63) is 23.8 Å². The highest BCUT2D eigenvalue weighted by atomic mass is 32.2. The van der Waals surface area contributed by atoms with Crippen LogP contribution in [0.1, 0.15) is 58.9 Å². The summed E-state index contributed by atoms with van der Waals surface area (Å²) in [4.78, 5) is 2.48.